The number of halogens is 1. The monoisotopic (exact) mass is 364 g/mol. The van der Waals surface area contributed by atoms with Crippen molar-refractivity contribution in [3.8, 4) is 0 Å². The van der Waals surface area contributed by atoms with E-state index in [-0.39, 0.29) is 0 Å². The summed E-state index contributed by atoms with van der Waals surface area (Å²) in [5, 5.41) is 3.85. The maximum Gasteiger partial charge on any atom is 0.188 e. The summed E-state index contributed by atoms with van der Waals surface area (Å²) in [6.07, 6.45) is 10.6. The van der Waals surface area contributed by atoms with Crippen LogP contribution in [0.5, 0.6) is 0 Å². The average Bonchev–Trinajstić information content (AvgIpc) is 3.09. The number of hydrogen-bond donors (Lipinski definition) is 2. The molecule has 0 radical (unpaired) electrons. The van der Waals surface area contributed by atoms with Gasteiger partial charge in [-0.05, 0) is 50.0 Å². The van der Waals surface area contributed by atoms with Crippen molar-refractivity contribution < 1.29 is 4.39 Å². The topological polar surface area (TPSA) is 52.5 Å². The molecule has 0 amide bonds. The second-order valence-electron chi connectivity index (χ2n) is 6.52. The number of rotatable bonds is 6. The van der Waals surface area contributed by atoms with Gasteiger partial charge in [-0.3, -0.25) is 9.98 Å². The number of allylic oxidation sites excluding steroid dienone is 2. The molecule has 0 aliphatic carbocycles. The number of hydrogen-bond acceptors (Lipinski definition) is 2. The third kappa shape index (κ3) is 5.26. The molecule has 1 aliphatic heterocycles. The van der Waals surface area contributed by atoms with Gasteiger partial charge in [-0.25, -0.2) is 0 Å². The molecule has 140 valence electrons. The first-order valence-electron chi connectivity index (χ1n) is 9.22. The number of aromatic nitrogens is 1. The lowest BCUT2D eigenvalue weighted by molar-refractivity contribution is 0.592. The fourth-order valence-electron chi connectivity index (χ4n) is 2.91. The first-order valence-corrected chi connectivity index (χ1v) is 9.22. The summed E-state index contributed by atoms with van der Waals surface area (Å²) >= 11 is 0. The van der Waals surface area contributed by atoms with Crippen molar-refractivity contribution in [2.24, 2.45) is 9.98 Å². The first kappa shape index (κ1) is 18.8. The molecule has 1 aliphatic rings. The van der Waals surface area contributed by atoms with Gasteiger partial charge in [0.25, 0.3) is 0 Å². The number of amidine groups is 1. The Morgan fingerprint density at radius 3 is 2.93 bits per heavy atom. The van der Waals surface area contributed by atoms with Crippen molar-refractivity contribution in [3.63, 3.8) is 0 Å². The highest BCUT2D eigenvalue weighted by Gasteiger charge is 2.04. The predicted octanol–water partition coefficient (Wildman–Crippen LogP) is 3.24. The van der Waals surface area contributed by atoms with Crippen molar-refractivity contribution in [2.75, 3.05) is 6.54 Å². The maximum absolute atomic E-state index is 14.4. The van der Waals surface area contributed by atoms with Crippen LogP contribution >= 0.6 is 0 Å². The van der Waals surface area contributed by atoms with Gasteiger partial charge >= 0.3 is 0 Å². The highest BCUT2D eigenvalue weighted by Crippen LogP contribution is 2.05. The lowest BCUT2D eigenvalue weighted by Crippen LogP contribution is -2.28. The molecule has 1 aromatic carbocycles. The number of aryl methyl sites for hydroxylation is 1. The summed E-state index contributed by atoms with van der Waals surface area (Å²) < 4.78 is 14.4. The van der Waals surface area contributed by atoms with Crippen LogP contribution in [0.4, 0.5) is 4.39 Å². The molecule has 27 heavy (non-hydrogen) atoms. The zero-order valence-corrected chi connectivity index (χ0v) is 15.8. The number of fused-ring (bicyclic) bond motifs is 1. The molecule has 1 aromatic heterocycles. The summed E-state index contributed by atoms with van der Waals surface area (Å²) in [4.78, 5) is 12.1. The van der Waals surface area contributed by atoms with E-state index in [4.69, 9.17) is 0 Å². The maximum atomic E-state index is 14.4. The molecular weight excluding hydrogens is 339 g/mol. The highest BCUT2D eigenvalue weighted by molar-refractivity contribution is 5.93. The van der Waals surface area contributed by atoms with Crippen molar-refractivity contribution in [1.29, 1.82) is 0 Å². The van der Waals surface area contributed by atoms with Crippen LogP contribution in [-0.4, -0.2) is 17.4 Å². The third-order valence-electron chi connectivity index (χ3n) is 4.36. The second-order valence-corrected chi connectivity index (χ2v) is 6.52. The quantitative estimate of drug-likeness (QED) is 0.461. The largest absolute Gasteiger partial charge is 0.346 e. The lowest BCUT2D eigenvalue weighted by atomic mass is 10.1. The van der Waals surface area contributed by atoms with Crippen LogP contribution in [0.1, 0.15) is 30.0 Å². The van der Waals surface area contributed by atoms with Crippen molar-refractivity contribution >= 4 is 11.9 Å². The Hall–Kier alpha value is -2.95. The van der Waals surface area contributed by atoms with Crippen LogP contribution in [0.15, 0.2) is 64.6 Å². The molecular formula is C22H25FN4. The van der Waals surface area contributed by atoms with E-state index in [1.807, 2.05) is 38.3 Å². The van der Waals surface area contributed by atoms with Gasteiger partial charge in [0.15, 0.2) is 5.95 Å². The van der Waals surface area contributed by atoms with Gasteiger partial charge in [-0.2, -0.15) is 4.39 Å². The zero-order chi connectivity index (χ0) is 19.1. The van der Waals surface area contributed by atoms with Gasteiger partial charge in [-0.1, -0.05) is 42.0 Å². The molecule has 0 saturated heterocycles. The number of nitrogens with zero attached hydrogens (tertiary/aromatic N) is 2. The zero-order valence-electron chi connectivity index (χ0n) is 15.8. The van der Waals surface area contributed by atoms with Crippen molar-refractivity contribution in [1.82, 2.24) is 10.3 Å². The highest BCUT2D eigenvalue weighted by atomic mass is 19.1. The molecule has 0 atom stereocenters. The molecule has 0 fully saturated rings. The molecule has 2 aromatic rings. The molecule has 3 rings (SSSR count). The summed E-state index contributed by atoms with van der Waals surface area (Å²) in [5.74, 6) is 0.0999. The van der Waals surface area contributed by atoms with Gasteiger partial charge in [-0.15, -0.1) is 0 Å². The molecule has 2 heterocycles. The van der Waals surface area contributed by atoms with E-state index in [0.717, 1.165) is 34.8 Å². The Bertz CT molecular complexity index is 978. The number of benzene rings is 1. The smallest absolute Gasteiger partial charge is 0.188 e. The Morgan fingerprint density at radius 1 is 1.33 bits per heavy atom. The summed E-state index contributed by atoms with van der Waals surface area (Å²) in [6.45, 7) is 5.24. The number of nitrogens with one attached hydrogen (secondary N) is 2. The average molecular weight is 364 g/mol. The predicted molar refractivity (Wildman–Crippen MR) is 109 cm³/mol. The van der Waals surface area contributed by atoms with Crippen LogP contribution in [0.25, 0.3) is 6.08 Å². The molecule has 0 unspecified atom stereocenters. The van der Waals surface area contributed by atoms with E-state index in [0.29, 0.717) is 18.8 Å². The Morgan fingerprint density at radius 2 is 2.15 bits per heavy atom. The summed E-state index contributed by atoms with van der Waals surface area (Å²) in [7, 11) is 0. The van der Waals surface area contributed by atoms with Gasteiger partial charge in [0, 0.05) is 18.0 Å². The Labute approximate surface area is 159 Å². The van der Waals surface area contributed by atoms with E-state index >= 15 is 0 Å². The molecule has 2 N–H and O–H groups in total. The minimum atomic E-state index is -0.404. The number of aliphatic imine (C=N–C) groups is 1. The lowest BCUT2D eigenvalue weighted by Gasteiger charge is -2.05. The van der Waals surface area contributed by atoms with Crippen LogP contribution < -0.4 is 16.0 Å². The van der Waals surface area contributed by atoms with Gasteiger partial charge in [0.05, 0.1) is 6.54 Å². The van der Waals surface area contributed by atoms with Crippen molar-refractivity contribution in [3.05, 3.63) is 82.0 Å². The van der Waals surface area contributed by atoms with E-state index in [2.05, 4.69) is 38.5 Å². The molecule has 0 bridgehead atoms. The minimum Gasteiger partial charge on any atom is -0.346 e. The van der Waals surface area contributed by atoms with E-state index in [1.54, 1.807) is 6.08 Å². The Balaban J connectivity index is 1.66. The van der Waals surface area contributed by atoms with Gasteiger partial charge < -0.3 is 10.3 Å². The van der Waals surface area contributed by atoms with E-state index in [1.165, 1.54) is 11.6 Å². The molecule has 5 heteroatoms. The SMILES string of the molecule is C/C=C\C(=NCc1ccc(C)cc1)N/C(F)=C/Cc1c[nH]c2c1=CCCN=2. The third-order valence-corrected chi connectivity index (χ3v) is 4.36. The fraction of sp³-hybridized carbons (Fsp3) is 0.273. The second kappa shape index (κ2) is 9.12. The normalized spacial score (nSPS) is 14.6. The van der Waals surface area contributed by atoms with Gasteiger partial charge in [0.1, 0.15) is 11.3 Å². The fourth-order valence-corrected chi connectivity index (χ4v) is 2.91. The van der Waals surface area contributed by atoms with E-state index < -0.39 is 5.95 Å². The number of H-pyrrole nitrogens is 1. The van der Waals surface area contributed by atoms with Crippen LogP contribution in [0, 0.1) is 6.92 Å². The van der Waals surface area contributed by atoms with Crippen LogP contribution in [-0.2, 0) is 13.0 Å². The van der Waals surface area contributed by atoms with Gasteiger partial charge in [0.2, 0.25) is 0 Å². The molecule has 4 nitrogen and oxygen atoms in total. The van der Waals surface area contributed by atoms with Crippen LogP contribution in [0.3, 0.4) is 0 Å². The first-order chi connectivity index (χ1) is 13.2. The summed E-state index contributed by atoms with van der Waals surface area (Å²) in [6, 6.07) is 8.17. The molecule has 0 saturated carbocycles. The van der Waals surface area contributed by atoms with Crippen LogP contribution in [0.2, 0.25) is 0 Å². The molecule has 0 spiro atoms. The number of aromatic amines is 1. The Kier molecular flexibility index (Phi) is 6.36. The van der Waals surface area contributed by atoms with E-state index in [9.17, 15) is 4.39 Å². The summed E-state index contributed by atoms with van der Waals surface area (Å²) in [5.41, 5.74) is 4.24. The standard InChI is InChI=1S/C22H25FN4/c1-3-5-21(25-14-17-9-7-16(2)8-10-17)27-20(23)12-11-18-15-26-22-19(18)6-4-13-24-22/h3,5-10,12,15H,4,11,13-14H2,1-2H3,(H,24,26)(H,25,27)/b5-3-,20-12+. The minimum absolute atomic E-state index is 0.404. The van der Waals surface area contributed by atoms with Crippen molar-refractivity contribution in [2.45, 2.75) is 33.2 Å².